The molecule has 246 valence electrons. The Morgan fingerprint density at radius 2 is 1.92 bits per heavy atom. The summed E-state index contributed by atoms with van der Waals surface area (Å²) >= 11 is 2.17. The molecular formula is C34H25N5O8S2. The third-order valence-corrected chi connectivity index (χ3v) is 9.59. The van der Waals surface area contributed by atoms with Crippen molar-refractivity contribution >= 4 is 46.5 Å². The number of esters is 1. The number of nitro benzene ring substituents is 1. The molecule has 1 atom stereocenters. The number of rotatable bonds is 8. The van der Waals surface area contributed by atoms with Crippen molar-refractivity contribution in [2.75, 3.05) is 13.4 Å². The van der Waals surface area contributed by atoms with E-state index in [-0.39, 0.29) is 39.9 Å². The molecule has 13 nitrogen and oxygen atoms in total. The zero-order valence-corrected chi connectivity index (χ0v) is 27.5. The summed E-state index contributed by atoms with van der Waals surface area (Å²) in [5, 5.41) is 12.1. The third kappa shape index (κ3) is 6.16. The Hall–Kier alpha value is -5.80. The number of aromatic nitrogens is 3. The molecular weight excluding hydrogens is 671 g/mol. The van der Waals surface area contributed by atoms with Gasteiger partial charge in [-0.2, -0.15) is 0 Å². The van der Waals surface area contributed by atoms with Gasteiger partial charge in [0.25, 0.3) is 16.8 Å². The number of carbonyl (C=O) groups excluding carboxylic acids is 1. The molecule has 0 saturated heterocycles. The van der Waals surface area contributed by atoms with Gasteiger partial charge in [0.15, 0.2) is 21.5 Å². The molecule has 0 bridgehead atoms. The van der Waals surface area contributed by atoms with E-state index in [4.69, 9.17) is 19.2 Å². The summed E-state index contributed by atoms with van der Waals surface area (Å²) in [7, 11) is 0. The second-order valence-electron chi connectivity index (χ2n) is 10.8. The van der Waals surface area contributed by atoms with Crippen molar-refractivity contribution in [2.24, 2.45) is 4.99 Å². The number of hydrogen-bond acceptors (Lipinski definition) is 12. The van der Waals surface area contributed by atoms with Gasteiger partial charge >= 0.3 is 5.97 Å². The smallest absolute Gasteiger partial charge is 0.338 e. The maximum Gasteiger partial charge on any atom is 0.338 e. The van der Waals surface area contributed by atoms with Crippen LogP contribution in [0.4, 0.5) is 5.69 Å². The van der Waals surface area contributed by atoms with Crippen LogP contribution < -0.4 is 29.9 Å². The molecule has 0 fully saturated rings. The minimum absolute atomic E-state index is 0.0346. The van der Waals surface area contributed by atoms with Crippen LogP contribution in [0.15, 0.2) is 103 Å². The van der Waals surface area contributed by atoms with Crippen LogP contribution >= 0.6 is 23.1 Å². The fourth-order valence-corrected chi connectivity index (χ4v) is 7.45. The van der Waals surface area contributed by atoms with Crippen LogP contribution in [0.1, 0.15) is 35.3 Å². The number of aryl methyl sites for hydroxylation is 1. The standard InChI is InChI=1S/C34H25N5O8S2/c1-3-45-32(42)28-29(19-7-5-4-6-8-19)37-34-38(30(28)20-9-11-23-24(15-20)47-17-46-23)31(41)26(49-34)16-21-14-22(39(43)44)10-12-25(21)48-33-35-18(2)13-27(40)36-33/h4-16,30H,3,17H2,1-2H3,(H,35,36,40)/b26-16+/t30-/m0/s1. The van der Waals surface area contributed by atoms with Gasteiger partial charge in [-0.15, -0.1) is 0 Å². The van der Waals surface area contributed by atoms with Crippen LogP contribution in [0.5, 0.6) is 11.5 Å². The number of nitrogens with one attached hydrogen (secondary N) is 1. The summed E-state index contributed by atoms with van der Waals surface area (Å²) in [6.45, 7) is 3.51. The predicted molar refractivity (Wildman–Crippen MR) is 180 cm³/mol. The fourth-order valence-electron chi connectivity index (χ4n) is 5.54. The molecule has 1 N–H and O–H groups in total. The number of hydrogen-bond donors (Lipinski definition) is 1. The largest absolute Gasteiger partial charge is 0.463 e. The molecule has 2 aliphatic rings. The maximum absolute atomic E-state index is 14.4. The number of nitro groups is 1. The van der Waals surface area contributed by atoms with Crippen molar-refractivity contribution < 1.29 is 23.9 Å². The van der Waals surface area contributed by atoms with Crippen molar-refractivity contribution in [3.8, 4) is 11.5 Å². The summed E-state index contributed by atoms with van der Waals surface area (Å²) < 4.78 is 18.3. The Morgan fingerprint density at radius 3 is 2.67 bits per heavy atom. The van der Waals surface area contributed by atoms with Gasteiger partial charge in [-0.05, 0) is 49.2 Å². The van der Waals surface area contributed by atoms with Crippen LogP contribution in [0.2, 0.25) is 0 Å². The van der Waals surface area contributed by atoms with Gasteiger partial charge in [-0.25, -0.2) is 14.8 Å². The predicted octanol–water partition coefficient (Wildman–Crippen LogP) is 4.12. The Kier molecular flexibility index (Phi) is 8.44. The average molecular weight is 696 g/mol. The van der Waals surface area contributed by atoms with Crippen LogP contribution in [0.3, 0.4) is 0 Å². The van der Waals surface area contributed by atoms with Crippen molar-refractivity contribution in [2.45, 2.75) is 29.9 Å². The van der Waals surface area contributed by atoms with Gasteiger partial charge in [0.2, 0.25) is 6.79 Å². The van der Waals surface area contributed by atoms with Crippen LogP contribution in [0.25, 0.3) is 11.8 Å². The van der Waals surface area contributed by atoms with E-state index in [0.717, 1.165) is 23.1 Å². The van der Waals surface area contributed by atoms with Crippen molar-refractivity contribution in [3.05, 3.63) is 141 Å². The number of fused-ring (bicyclic) bond motifs is 2. The van der Waals surface area contributed by atoms with E-state index in [2.05, 4.69) is 9.97 Å². The molecule has 4 heterocycles. The number of ether oxygens (including phenoxy) is 3. The monoisotopic (exact) mass is 695 g/mol. The van der Waals surface area contributed by atoms with Crippen molar-refractivity contribution in [1.82, 2.24) is 14.5 Å². The number of non-ortho nitro benzene ring substituents is 1. The van der Waals surface area contributed by atoms with Gasteiger partial charge in [0.05, 0.1) is 33.4 Å². The highest BCUT2D eigenvalue weighted by molar-refractivity contribution is 7.99. The SMILES string of the molecule is CCOC(=O)C1=C(c2ccccc2)N=c2s/c(=C/c3cc([N+](=O)[O-])ccc3Sc3nc(C)cc(=O)[nH]3)c(=O)n2[C@H]1c1ccc2c(c1)OCO2. The van der Waals surface area contributed by atoms with Crippen LogP contribution in [-0.2, 0) is 9.53 Å². The first kappa shape index (κ1) is 31.8. The topological polar surface area (TPSA) is 168 Å². The number of carbonyl (C=O) groups is 1. The van der Waals surface area contributed by atoms with Gasteiger partial charge in [0.1, 0.15) is 0 Å². The summed E-state index contributed by atoms with van der Waals surface area (Å²) in [4.78, 5) is 64.3. The highest BCUT2D eigenvalue weighted by Gasteiger charge is 2.36. The number of thiazole rings is 1. The summed E-state index contributed by atoms with van der Waals surface area (Å²) in [5.74, 6) is 0.350. The van der Waals surface area contributed by atoms with E-state index in [1.807, 2.05) is 30.3 Å². The minimum Gasteiger partial charge on any atom is -0.463 e. The van der Waals surface area contributed by atoms with Crippen molar-refractivity contribution in [1.29, 1.82) is 0 Å². The summed E-state index contributed by atoms with van der Waals surface area (Å²) in [6.07, 6.45) is 1.54. The Morgan fingerprint density at radius 1 is 1.12 bits per heavy atom. The molecule has 0 aliphatic carbocycles. The second kappa shape index (κ2) is 13.0. The Balaban J connectivity index is 1.47. The van der Waals surface area contributed by atoms with E-state index in [9.17, 15) is 24.5 Å². The molecule has 0 spiro atoms. The maximum atomic E-state index is 14.4. The highest BCUT2D eigenvalue weighted by atomic mass is 32.2. The lowest BCUT2D eigenvalue weighted by Gasteiger charge is -2.26. The lowest BCUT2D eigenvalue weighted by atomic mass is 9.93. The number of H-pyrrole nitrogens is 1. The van der Waals surface area contributed by atoms with E-state index in [0.29, 0.717) is 49.3 Å². The van der Waals surface area contributed by atoms with E-state index in [1.165, 1.54) is 28.8 Å². The Bertz CT molecular complexity index is 2440. The molecule has 0 amide bonds. The number of nitrogens with zero attached hydrogens (tertiary/aromatic N) is 4. The van der Waals surface area contributed by atoms with Gasteiger partial charge in [0, 0.05) is 34.4 Å². The van der Waals surface area contributed by atoms with Crippen LogP contribution in [-0.4, -0.2) is 38.8 Å². The third-order valence-electron chi connectivity index (χ3n) is 7.63. The first-order chi connectivity index (χ1) is 23.7. The molecule has 5 aromatic rings. The Labute approximate surface area is 285 Å². The van der Waals surface area contributed by atoms with Gasteiger partial charge in [-0.1, -0.05) is 59.5 Å². The molecule has 15 heteroatoms. The highest BCUT2D eigenvalue weighted by Crippen LogP contribution is 2.40. The fraction of sp³-hybridized carbons (Fsp3) is 0.147. The molecule has 2 aromatic heterocycles. The van der Waals surface area contributed by atoms with E-state index < -0.39 is 22.5 Å². The first-order valence-electron chi connectivity index (χ1n) is 14.9. The molecule has 0 unspecified atom stereocenters. The van der Waals surface area contributed by atoms with Gasteiger partial charge < -0.3 is 19.2 Å². The minimum atomic E-state index is -0.970. The lowest BCUT2D eigenvalue weighted by Crippen LogP contribution is -2.40. The molecule has 7 rings (SSSR count). The quantitative estimate of drug-likeness (QED) is 0.108. The molecule has 49 heavy (non-hydrogen) atoms. The van der Waals surface area contributed by atoms with E-state index in [1.54, 1.807) is 38.1 Å². The molecule has 0 radical (unpaired) electrons. The molecule has 2 aliphatic heterocycles. The number of benzene rings is 3. The number of aromatic amines is 1. The second-order valence-corrected chi connectivity index (χ2v) is 12.9. The molecule has 0 saturated carbocycles. The average Bonchev–Trinajstić information content (AvgIpc) is 3.68. The zero-order valence-electron chi connectivity index (χ0n) is 25.9. The lowest BCUT2D eigenvalue weighted by molar-refractivity contribution is -0.384. The van der Waals surface area contributed by atoms with E-state index >= 15 is 0 Å². The zero-order chi connectivity index (χ0) is 34.2. The van der Waals surface area contributed by atoms with Crippen LogP contribution in [0, 0.1) is 17.0 Å². The summed E-state index contributed by atoms with van der Waals surface area (Å²) in [6, 6.07) is 18.9. The first-order valence-corrected chi connectivity index (χ1v) is 16.6. The molecule has 3 aromatic carbocycles. The van der Waals surface area contributed by atoms with Gasteiger partial charge in [-0.3, -0.25) is 24.3 Å². The summed E-state index contributed by atoms with van der Waals surface area (Å²) in [5.41, 5.74) is 1.53. The van der Waals surface area contributed by atoms with Crippen molar-refractivity contribution in [3.63, 3.8) is 0 Å². The normalized spacial score (nSPS) is 15.1.